The monoisotopic (exact) mass is 109 g/mol. The van der Waals surface area contributed by atoms with Gasteiger partial charge >= 0.3 is 0 Å². The molecule has 0 bridgehead atoms. The Balaban J connectivity index is -0.0000000800. The molecule has 0 rings (SSSR count). The molecule has 0 spiro atoms. The van der Waals surface area contributed by atoms with Crippen LogP contribution >= 0.6 is 0 Å². The van der Waals surface area contributed by atoms with Crippen molar-refractivity contribution in [3.05, 3.63) is 0 Å². The Bertz CT molecular complexity index is 17.2. The van der Waals surface area contributed by atoms with Crippen molar-refractivity contribution in [3.8, 4) is 0 Å². The van der Waals surface area contributed by atoms with Crippen LogP contribution in [0.25, 0.3) is 0 Å². The molecule has 0 aliphatic rings. The Labute approximate surface area is 44.6 Å². The lowest BCUT2D eigenvalue weighted by molar-refractivity contribution is 0.162. The Hall–Kier alpha value is -0.120. The van der Waals surface area contributed by atoms with Crippen molar-refractivity contribution >= 4 is 0 Å². The first kappa shape index (κ1) is 15.8. The van der Waals surface area contributed by atoms with Gasteiger partial charge in [0.2, 0.25) is 0 Å². The summed E-state index contributed by atoms with van der Waals surface area (Å²) in [5.41, 5.74) is 0. The van der Waals surface area contributed by atoms with Crippen molar-refractivity contribution in [3.63, 3.8) is 0 Å². The molecule has 0 fully saturated rings. The lowest BCUT2D eigenvalue weighted by Gasteiger charge is -1.86. The van der Waals surface area contributed by atoms with Gasteiger partial charge in [-0.1, -0.05) is 0 Å². The molecular weight excluding hydrogens is 94.0 g/mol. The summed E-state index contributed by atoms with van der Waals surface area (Å²) in [7, 11) is 0. The van der Waals surface area contributed by atoms with Crippen LogP contribution in [0.5, 0.6) is 0 Å². The maximum Gasteiger partial charge on any atom is 0.0437 e. The van der Waals surface area contributed by atoms with Gasteiger partial charge in [-0.05, 0) is 13.8 Å². The maximum atomic E-state index is 4.83. The van der Waals surface area contributed by atoms with Gasteiger partial charge in [-0.2, -0.15) is 0 Å². The van der Waals surface area contributed by atoms with Crippen LogP contribution < -0.4 is 6.15 Å². The van der Waals surface area contributed by atoms with E-state index < -0.39 is 0 Å². The highest BCUT2D eigenvalue weighted by atomic mass is 16.5. The fourth-order valence-corrected chi connectivity index (χ4v) is 0.204. The summed E-state index contributed by atoms with van der Waals surface area (Å²) in [5, 5.41) is 0. The van der Waals surface area contributed by atoms with Crippen molar-refractivity contribution in [1.82, 2.24) is 6.15 Å². The second-order valence-corrected chi connectivity index (χ2v) is 0.781. The summed E-state index contributed by atoms with van der Waals surface area (Å²) in [4.78, 5) is 0. The molecule has 48 valence electrons. The van der Waals surface area contributed by atoms with Gasteiger partial charge in [-0.3, -0.25) is 0 Å². The largest absolute Gasteiger partial charge is 0.412 e. The molecule has 0 radical (unpaired) electrons. The van der Waals surface area contributed by atoms with Gasteiger partial charge in [-0.15, -0.1) is 0 Å². The SMILES string of the molecule is CCOCC.N.O. The minimum Gasteiger partial charge on any atom is -0.412 e. The van der Waals surface area contributed by atoms with E-state index in [0.717, 1.165) is 13.2 Å². The number of ether oxygens (including phenoxy) is 1. The van der Waals surface area contributed by atoms with Crippen LogP contribution in [0.2, 0.25) is 0 Å². The van der Waals surface area contributed by atoms with Crippen LogP contribution in [0.4, 0.5) is 0 Å². The summed E-state index contributed by atoms with van der Waals surface area (Å²) in [5.74, 6) is 0. The van der Waals surface area contributed by atoms with Crippen molar-refractivity contribution < 1.29 is 10.2 Å². The molecular formula is C4H15NO2. The van der Waals surface area contributed by atoms with E-state index in [4.69, 9.17) is 4.74 Å². The maximum absolute atomic E-state index is 4.83. The molecule has 5 N–H and O–H groups in total. The molecule has 0 aromatic carbocycles. The van der Waals surface area contributed by atoms with Gasteiger partial charge in [0.15, 0.2) is 0 Å². The molecule has 0 aliphatic carbocycles. The fourth-order valence-electron chi connectivity index (χ4n) is 0.204. The minimum absolute atomic E-state index is 0. The standard InChI is InChI=1S/C4H10O.H3N.H2O/c1-3-5-4-2;;/h3-4H2,1-2H3;1H3;1H2. The molecule has 0 heterocycles. The zero-order valence-corrected chi connectivity index (χ0v) is 5.03. The molecule has 0 aromatic rings. The quantitative estimate of drug-likeness (QED) is 0.556. The van der Waals surface area contributed by atoms with E-state index in [1.807, 2.05) is 13.8 Å². The predicted octanol–water partition coefficient (Wildman–Crippen LogP) is 0.380. The van der Waals surface area contributed by atoms with Crippen LogP contribution in [0.15, 0.2) is 0 Å². The van der Waals surface area contributed by atoms with E-state index in [1.54, 1.807) is 0 Å². The first-order valence-electron chi connectivity index (χ1n) is 1.99. The van der Waals surface area contributed by atoms with Gasteiger partial charge in [0.25, 0.3) is 0 Å². The summed E-state index contributed by atoms with van der Waals surface area (Å²) in [6.45, 7) is 5.67. The molecule has 0 unspecified atom stereocenters. The third-order valence-electron chi connectivity index (χ3n) is 0.408. The first-order chi connectivity index (χ1) is 2.41. The molecule has 3 heteroatoms. The van der Waals surface area contributed by atoms with Crippen molar-refractivity contribution in [2.24, 2.45) is 0 Å². The van der Waals surface area contributed by atoms with E-state index in [9.17, 15) is 0 Å². The normalized spacial score (nSPS) is 6.00. The minimum atomic E-state index is 0. The Morgan fingerprint density at radius 3 is 1.43 bits per heavy atom. The molecule has 7 heavy (non-hydrogen) atoms. The summed E-state index contributed by atoms with van der Waals surface area (Å²) in [6.07, 6.45) is 0. The van der Waals surface area contributed by atoms with Gasteiger partial charge in [0.1, 0.15) is 0 Å². The van der Waals surface area contributed by atoms with Crippen LogP contribution in [0.1, 0.15) is 13.8 Å². The lowest BCUT2D eigenvalue weighted by atomic mass is 10.8. The van der Waals surface area contributed by atoms with Crippen LogP contribution in [0.3, 0.4) is 0 Å². The lowest BCUT2D eigenvalue weighted by Crippen LogP contribution is -1.84. The highest BCUT2D eigenvalue weighted by molar-refractivity contribution is 4.07. The number of rotatable bonds is 2. The van der Waals surface area contributed by atoms with Crippen molar-refractivity contribution in [2.45, 2.75) is 13.8 Å². The first-order valence-corrected chi connectivity index (χ1v) is 1.99. The number of hydrogen-bond acceptors (Lipinski definition) is 2. The predicted molar refractivity (Wildman–Crippen MR) is 30.8 cm³/mol. The average Bonchev–Trinajstić information content (AvgIpc) is 1.41. The fraction of sp³-hybridized carbons (Fsp3) is 1.00. The van der Waals surface area contributed by atoms with Crippen LogP contribution in [0, 0.1) is 0 Å². The van der Waals surface area contributed by atoms with Gasteiger partial charge in [0.05, 0.1) is 0 Å². The molecule has 0 amide bonds. The number of hydrogen-bond donors (Lipinski definition) is 1. The zero-order valence-electron chi connectivity index (χ0n) is 5.03. The molecule has 0 aromatic heterocycles. The average molecular weight is 109 g/mol. The van der Waals surface area contributed by atoms with E-state index in [1.165, 1.54) is 0 Å². The molecule has 0 aliphatic heterocycles. The van der Waals surface area contributed by atoms with E-state index in [-0.39, 0.29) is 11.6 Å². The topological polar surface area (TPSA) is 75.7 Å². The third-order valence-corrected chi connectivity index (χ3v) is 0.408. The highest BCUT2D eigenvalue weighted by Gasteiger charge is 1.64. The Kier molecular flexibility index (Phi) is 38.1. The van der Waals surface area contributed by atoms with E-state index in [0.29, 0.717) is 0 Å². The molecule has 3 nitrogen and oxygen atoms in total. The van der Waals surface area contributed by atoms with Crippen molar-refractivity contribution in [2.75, 3.05) is 13.2 Å². The Morgan fingerprint density at radius 1 is 1.14 bits per heavy atom. The van der Waals surface area contributed by atoms with Crippen LogP contribution in [-0.2, 0) is 4.74 Å². The van der Waals surface area contributed by atoms with E-state index in [2.05, 4.69) is 0 Å². The van der Waals surface area contributed by atoms with Crippen molar-refractivity contribution in [1.29, 1.82) is 0 Å². The molecule has 0 atom stereocenters. The van der Waals surface area contributed by atoms with Gasteiger partial charge in [0, 0.05) is 13.2 Å². The second-order valence-electron chi connectivity index (χ2n) is 0.781. The summed E-state index contributed by atoms with van der Waals surface area (Å²) >= 11 is 0. The molecule has 0 saturated heterocycles. The zero-order chi connectivity index (χ0) is 4.12. The van der Waals surface area contributed by atoms with Gasteiger partial charge in [-0.25, -0.2) is 0 Å². The van der Waals surface area contributed by atoms with Gasteiger partial charge < -0.3 is 16.4 Å². The molecule has 0 saturated carbocycles. The Morgan fingerprint density at radius 2 is 1.43 bits per heavy atom. The van der Waals surface area contributed by atoms with Crippen LogP contribution in [-0.4, -0.2) is 18.7 Å². The third kappa shape index (κ3) is 25.0. The summed E-state index contributed by atoms with van der Waals surface area (Å²) < 4.78 is 4.83. The second kappa shape index (κ2) is 16.9. The van der Waals surface area contributed by atoms with E-state index >= 15 is 0 Å². The smallest absolute Gasteiger partial charge is 0.0437 e. The summed E-state index contributed by atoms with van der Waals surface area (Å²) in [6, 6.07) is 0. The highest BCUT2D eigenvalue weighted by Crippen LogP contribution is 1.64.